The summed E-state index contributed by atoms with van der Waals surface area (Å²) in [4.78, 5) is 31.0. The van der Waals surface area contributed by atoms with Crippen molar-refractivity contribution >= 4 is 29.1 Å². The fourth-order valence-electron chi connectivity index (χ4n) is 4.54. The zero-order valence-corrected chi connectivity index (χ0v) is 18.9. The van der Waals surface area contributed by atoms with Crippen LogP contribution in [0.25, 0.3) is 0 Å². The van der Waals surface area contributed by atoms with Crippen molar-refractivity contribution in [3.05, 3.63) is 81.3 Å². The van der Waals surface area contributed by atoms with Crippen molar-refractivity contribution in [3.8, 4) is 0 Å². The summed E-state index contributed by atoms with van der Waals surface area (Å²) in [7, 11) is 0. The molecule has 1 atom stereocenters. The maximum Gasteiger partial charge on any atom is 0.255 e. The predicted octanol–water partition coefficient (Wildman–Crippen LogP) is 5.29. The number of anilines is 1. The van der Waals surface area contributed by atoms with Gasteiger partial charge in [-0.2, -0.15) is 0 Å². The van der Waals surface area contributed by atoms with Gasteiger partial charge in [0.05, 0.1) is 0 Å². The first-order valence-corrected chi connectivity index (χ1v) is 10.8. The molecule has 6 heteroatoms. The normalized spacial score (nSPS) is 20.3. The molecule has 1 aliphatic heterocycles. The number of halogens is 1. The van der Waals surface area contributed by atoms with E-state index >= 15 is 0 Å². The van der Waals surface area contributed by atoms with Gasteiger partial charge in [0.15, 0.2) is 5.78 Å². The van der Waals surface area contributed by atoms with E-state index in [4.69, 9.17) is 11.6 Å². The summed E-state index contributed by atoms with van der Waals surface area (Å²) < 4.78 is 0. The molecule has 160 valence electrons. The number of dihydropyridines is 1. The Morgan fingerprint density at radius 1 is 1.19 bits per heavy atom. The lowest BCUT2D eigenvalue weighted by Gasteiger charge is -2.39. The van der Waals surface area contributed by atoms with Crippen molar-refractivity contribution in [1.82, 2.24) is 10.3 Å². The predicted molar refractivity (Wildman–Crippen MR) is 123 cm³/mol. The second kappa shape index (κ2) is 7.97. The van der Waals surface area contributed by atoms with E-state index in [1.807, 2.05) is 44.2 Å². The number of hydrogen-bond donors (Lipinski definition) is 2. The summed E-state index contributed by atoms with van der Waals surface area (Å²) in [5, 5.41) is 6.85. The van der Waals surface area contributed by atoms with Gasteiger partial charge in [-0.25, -0.2) is 4.98 Å². The maximum atomic E-state index is 13.5. The van der Waals surface area contributed by atoms with Gasteiger partial charge < -0.3 is 10.6 Å². The smallest absolute Gasteiger partial charge is 0.255 e. The molecule has 0 fully saturated rings. The number of pyridine rings is 1. The summed E-state index contributed by atoms with van der Waals surface area (Å²) in [6.45, 7) is 8.01. The molecule has 1 aromatic carbocycles. The molecule has 0 radical (unpaired) electrons. The van der Waals surface area contributed by atoms with Gasteiger partial charge >= 0.3 is 0 Å². The lowest BCUT2D eigenvalue weighted by atomic mass is 9.68. The van der Waals surface area contributed by atoms with Gasteiger partial charge in [0.1, 0.15) is 5.82 Å². The Labute approximate surface area is 187 Å². The summed E-state index contributed by atoms with van der Waals surface area (Å²) in [5.41, 5.74) is 4.50. The van der Waals surface area contributed by atoms with Crippen LogP contribution in [-0.4, -0.2) is 16.7 Å². The third kappa shape index (κ3) is 4.28. The molecule has 0 saturated carbocycles. The Kier molecular flexibility index (Phi) is 5.48. The SMILES string of the molecule is CC1=C(C(=O)Nc2cc(C)ccn2)[C@H](c2cccc(Cl)c2)C2=C(CC(C)(C)CC2=O)N1. The number of nitrogens with zero attached hydrogens (tertiary/aromatic N) is 1. The minimum atomic E-state index is -0.483. The van der Waals surface area contributed by atoms with E-state index in [1.165, 1.54) is 0 Å². The number of amides is 1. The van der Waals surface area contributed by atoms with Crippen molar-refractivity contribution < 1.29 is 9.59 Å². The van der Waals surface area contributed by atoms with Gasteiger partial charge in [-0.05, 0) is 61.1 Å². The fraction of sp³-hybridized carbons (Fsp3) is 0.320. The fourth-order valence-corrected chi connectivity index (χ4v) is 4.74. The van der Waals surface area contributed by atoms with E-state index in [-0.39, 0.29) is 17.1 Å². The van der Waals surface area contributed by atoms with E-state index < -0.39 is 5.92 Å². The Morgan fingerprint density at radius 3 is 2.68 bits per heavy atom. The van der Waals surface area contributed by atoms with Crippen LogP contribution in [0.3, 0.4) is 0 Å². The second-order valence-corrected chi connectivity index (χ2v) is 9.59. The van der Waals surface area contributed by atoms with Crippen LogP contribution in [0.1, 0.15) is 50.7 Å². The van der Waals surface area contributed by atoms with E-state index in [0.29, 0.717) is 28.4 Å². The van der Waals surface area contributed by atoms with Gasteiger partial charge in [0.25, 0.3) is 5.91 Å². The highest BCUT2D eigenvalue weighted by Gasteiger charge is 2.42. The minimum absolute atomic E-state index is 0.0650. The number of carbonyl (C=O) groups excluding carboxylic acids is 2. The summed E-state index contributed by atoms with van der Waals surface area (Å²) >= 11 is 6.29. The molecular formula is C25H26ClN3O2. The molecule has 0 bridgehead atoms. The third-order valence-corrected chi connectivity index (χ3v) is 6.06. The monoisotopic (exact) mass is 435 g/mol. The van der Waals surface area contributed by atoms with Crippen LogP contribution in [0.5, 0.6) is 0 Å². The van der Waals surface area contributed by atoms with E-state index in [1.54, 1.807) is 12.3 Å². The van der Waals surface area contributed by atoms with Gasteiger partial charge in [-0.3, -0.25) is 9.59 Å². The molecule has 2 aromatic rings. The molecule has 4 rings (SSSR count). The van der Waals surface area contributed by atoms with Crippen LogP contribution in [0, 0.1) is 12.3 Å². The van der Waals surface area contributed by atoms with E-state index in [2.05, 4.69) is 29.5 Å². The number of hydrogen-bond acceptors (Lipinski definition) is 4. The molecule has 2 aliphatic rings. The van der Waals surface area contributed by atoms with Crippen LogP contribution in [0.15, 0.2) is 65.1 Å². The topological polar surface area (TPSA) is 71.1 Å². The molecule has 2 N–H and O–H groups in total. The Morgan fingerprint density at radius 2 is 1.97 bits per heavy atom. The second-order valence-electron chi connectivity index (χ2n) is 9.16. The number of allylic oxidation sites excluding steroid dienone is 3. The van der Waals surface area contributed by atoms with Crippen LogP contribution < -0.4 is 10.6 Å². The molecule has 1 aromatic heterocycles. The van der Waals surface area contributed by atoms with Crippen molar-refractivity contribution in [2.45, 2.75) is 46.5 Å². The summed E-state index contributed by atoms with van der Waals surface area (Å²) in [6.07, 6.45) is 2.85. The van der Waals surface area contributed by atoms with Crippen LogP contribution in [0.4, 0.5) is 5.82 Å². The lowest BCUT2D eigenvalue weighted by Crippen LogP contribution is -2.39. The largest absolute Gasteiger partial charge is 0.362 e. The highest BCUT2D eigenvalue weighted by molar-refractivity contribution is 6.30. The van der Waals surface area contributed by atoms with Crippen molar-refractivity contribution in [3.63, 3.8) is 0 Å². The molecule has 0 saturated heterocycles. The number of ketones is 1. The van der Waals surface area contributed by atoms with Crippen LogP contribution in [0.2, 0.25) is 5.02 Å². The number of Topliss-reactive ketones (excluding diaryl/α,β-unsaturated/α-hetero) is 1. The number of rotatable bonds is 3. The van der Waals surface area contributed by atoms with Gasteiger partial charge in [-0.15, -0.1) is 0 Å². The average Bonchev–Trinajstić information content (AvgIpc) is 2.65. The maximum absolute atomic E-state index is 13.5. The standard InChI is InChI=1S/C25H26ClN3O2/c1-14-8-9-27-20(10-14)29-24(31)21-15(2)28-18-12-25(3,4)13-19(30)23(18)22(21)16-6-5-7-17(26)11-16/h5-11,22,28H,12-13H2,1-4H3,(H,27,29,31)/t22-/m0/s1. The zero-order chi connectivity index (χ0) is 22.3. The Balaban J connectivity index is 1.81. The van der Waals surface area contributed by atoms with Gasteiger partial charge in [0, 0.05) is 46.1 Å². The number of aromatic nitrogens is 1. The minimum Gasteiger partial charge on any atom is -0.362 e. The Bertz CT molecular complexity index is 1150. The first kappa shape index (κ1) is 21.3. The number of aryl methyl sites for hydroxylation is 1. The molecule has 0 unspecified atom stereocenters. The number of benzene rings is 1. The van der Waals surface area contributed by atoms with Gasteiger partial charge in [0.2, 0.25) is 0 Å². The first-order valence-electron chi connectivity index (χ1n) is 10.4. The van der Waals surface area contributed by atoms with E-state index in [0.717, 1.165) is 28.9 Å². The zero-order valence-electron chi connectivity index (χ0n) is 18.2. The van der Waals surface area contributed by atoms with Crippen molar-refractivity contribution in [2.24, 2.45) is 5.41 Å². The summed E-state index contributed by atoms with van der Waals surface area (Å²) in [5.74, 6) is -0.221. The third-order valence-electron chi connectivity index (χ3n) is 5.82. The van der Waals surface area contributed by atoms with Crippen molar-refractivity contribution in [2.75, 3.05) is 5.32 Å². The van der Waals surface area contributed by atoms with E-state index in [9.17, 15) is 9.59 Å². The summed E-state index contributed by atoms with van der Waals surface area (Å²) in [6, 6.07) is 11.1. The molecule has 0 spiro atoms. The Hall–Kier alpha value is -2.92. The van der Waals surface area contributed by atoms with Crippen LogP contribution >= 0.6 is 11.6 Å². The highest BCUT2D eigenvalue weighted by atomic mass is 35.5. The lowest BCUT2D eigenvalue weighted by molar-refractivity contribution is -0.118. The number of carbonyl (C=O) groups is 2. The molecule has 1 aliphatic carbocycles. The quantitative estimate of drug-likeness (QED) is 0.687. The molecule has 5 nitrogen and oxygen atoms in total. The highest BCUT2D eigenvalue weighted by Crippen LogP contribution is 2.47. The molecule has 31 heavy (non-hydrogen) atoms. The van der Waals surface area contributed by atoms with Crippen molar-refractivity contribution in [1.29, 1.82) is 0 Å². The first-order chi connectivity index (χ1) is 14.6. The van der Waals surface area contributed by atoms with Crippen LogP contribution in [-0.2, 0) is 9.59 Å². The molecular weight excluding hydrogens is 410 g/mol. The number of nitrogens with one attached hydrogen (secondary N) is 2. The molecule has 1 amide bonds. The average molecular weight is 436 g/mol. The molecule has 2 heterocycles. The van der Waals surface area contributed by atoms with Gasteiger partial charge in [-0.1, -0.05) is 37.6 Å².